The molecular formula is C22H19N3O3S. The zero-order valence-electron chi connectivity index (χ0n) is 15.7. The van der Waals surface area contributed by atoms with Crippen molar-refractivity contribution in [3.63, 3.8) is 0 Å². The fourth-order valence-corrected chi connectivity index (χ4v) is 3.98. The van der Waals surface area contributed by atoms with Crippen LogP contribution in [0.4, 0.5) is 5.82 Å². The zero-order valence-corrected chi connectivity index (χ0v) is 16.6. The Morgan fingerprint density at radius 3 is 2.45 bits per heavy atom. The van der Waals surface area contributed by atoms with Crippen molar-refractivity contribution in [3.8, 4) is 5.88 Å². The summed E-state index contributed by atoms with van der Waals surface area (Å²) in [5.74, 6) is 0.171. The van der Waals surface area contributed by atoms with Crippen LogP contribution in [0.5, 0.6) is 5.88 Å². The van der Waals surface area contributed by atoms with E-state index in [0.717, 1.165) is 21.9 Å². The van der Waals surface area contributed by atoms with E-state index in [9.17, 15) is 8.42 Å². The van der Waals surface area contributed by atoms with Gasteiger partial charge in [0.2, 0.25) is 5.82 Å². The molecule has 0 unspecified atom stereocenters. The second kappa shape index (κ2) is 7.89. The SMILES string of the molecule is Cc1ccc(S(=O)(=O)Nc2nccnc2OCc2cccc3ccccc23)cc1. The normalized spacial score (nSPS) is 11.3. The van der Waals surface area contributed by atoms with Crippen LogP contribution in [-0.4, -0.2) is 18.4 Å². The fraction of sp³-hybridized carbons (Fsp3) is 0.0909. The molecule has 0 saturated heterocycles. The molecule has 4 rings (SSSR count). The number of nitrogens with zero attached hydrogens (tertiary/aromatic N) is 2. The highest BCUT2D eigenvalue weighted by Gasteiger charge is 2.18. The molecular weight excluding hydrogens is 386 g/mol. The van der Waals surface area contributed by atoms with E-state index >= 15 is 0 Å². The standard InChI is InChI=1S/C22H19N3O3S/c1-16-9-11-19(12-10-16)29(26,27)25-21-22(24-14-13-23-21)28-15-18-7-4-6-17-5-2-3-8-20(17)18/h2-14H,15H2,1H3,(H,23,25). The molecule has 0 fully saturated rings. The quantitative estimate of drug-likeness (QED) is 0.517. The number of rotatable bonds is 6. The number of aryl methyl sites for hydroxylation is 1. The molecule has 0 bridgehead atoms. The maximum absolute atomic E-state index is 12.7. The molecule has 1 N–H and O–H groups in total. The lowest BCUT2D eigenvalue weighted by Crippen LogP contribution is -2.15. The van der Waals surface area contributed by atoms with Crippen LogP contribution in [0, 0.1) is 6.92 Å². The van der Waals surface area contributed by atoms with E-state index in [4.69, 9.17) is 4.74 Å². The summed E-state index contributed by atoms with van der Waals surface area (Å²) in [6.07, 6.45) is 2.87. The maximum Gasteiger partial charge on any atom is 0.263 e. The number of aromatic nitrogens is 2. The average molecular weight is 405 g/mol. The van der Waals surface area contributed by atoms with Gasteiger partial charge in [0.15, 0.2) is 0 Å². The highest BCUT2D eigenvalue weighted by molar-refractivity contribution is 7.92. The number of nitrogens with one attached hydrogen (secondary N) is 1. The number of sulfonamides is 1. The summed E-state index contributed by atoms with van der Waals surface area (Å²) in [4.78, 5) is 8.40. The predicted molar refractivity (Wildman–Crippen MR) is 112 cm³/mol. The third kappa shape index (κ3) is 4.20. The molecule has 6 nitrogen and oxygen atoms in total. The van der Waals surface area contributed by atoms with E-state index in [1.165, 1.54) is 12.4 Å². The molecule has 29 heavy (non-hydrogen) atoms. The van der Waals surface area contributed by atoms with Crippen LogP contribution in [0.1, 0.15) is 11.1 Å². The van der Waals surface area contributed by atoms with Gasteiger partial charge in [0.05, 0.1) is 4.90 Å². The Balaban J connectivity index is 1.58. The van der Waals surface area contributed by atoms with Gasteiger partial charge in [-0.25, -0.2) is 18.4 Å². The Hall–Kier alpha value is -3.45. The lowest BCUT2D eigenvalue weighted by Gasteiger charge is -2.12. The van der Waals surface area contributed by atoms with Crippen molar-refractivity contribution < 1.29 is 13.2 Å². The predicted octanol–water partition coefficient (Wildman–Crippen LogP) is 4.32. The molecule has 0 atom stereocenters. The molecule has 146 valence electrons. The largest absolute Gasteiger partial charge is 0.470 e. The zero-order chi connectivity index (χ0) is 20.3. The highest BCUT2D eigenvalue weighted by Crippen LogP contribution is 2.25. The first kappa shape index (κ1) is 18.9. The van der Waals surface area contributed by atoms with E-state index in [-0.39, 0.29) is 23.2 Å². The third-order valence-corrected chi connectivity index (χ3v) is 5.83. The molecule has 7 heteroatoms. The molecule has 4 aromatic rings. The molecule has 0 radical (unpaired) electrons. The van der Waals surface area contributed by atoms with Crippen molar-refractivity contribution in [2.75, 3.05) is 4.72 Å². The monoisotopic (exact) mass is 405 g/mol. The van der Waals surface area contributed by atoms with Gasteiger partial charge in [-0.1, -0.05) is 60.2 Å². The van der Waals surface area contributed by atoms with Crippen LogP contribution in [0.15, 0.2) is 84.0 Å². The van der Waals surface area contributed by atoms with Gasteiger partial charge in [-0.15, -0.1) is 0 Å². The van der Waals surface area contributed by atoms with E-state index in [2.05, 4.69) is 14.7 Å². The van der Waals surface area contributed by atoms with Gasteiger partial charge < -0.3 is 4.74 Å². The van der Waals surface area contributed by atoms with Crippen molar-refractivity contribution >= 4 is 26.6 Å². The molecule has 0 spiro atoms. The minimum atomic E-state index is -3.80. The summed E-state index contributed by atoms with van der Waals surface area (Å²) in [5, 5.41) is 2.17. The van der Waals surface area contributed by atoms with E-state index in [0.29, 0.717) is 0 Å². The Bertz CT molecular complexity index is 1250. The van der Waals surface area contributed by atoms with Crippen molar-refractivity contribution in [2.45, 2.75) is 18.4 Å². The fourth-order valence-electron chi connectivity index (χ4n) is 2.97. The second-order valence-electron chi connectivity index (χ2n) is 6.56. The van der Waals surface area contributed by atoms with Gasteiger partial charge in [-0.3, -0.25) is 4.72 Å². The number of benzene rings is 3. The Labute approximate surface area is 169 Å². The van der Waals surface area contributed by atoms with E-state index in [1.54, 1.807) is 24.3 Å². The minimum absolute atomic E-state index is 0.0494. The Morgan fingerprint density at radius 2 is 1.62 bits per heavy atom. The first-order valence-corrected chi connectivity index (χ1v) is 10.5. The molecule has 0 amide bonds. The van der Waals surface area contributed by atoms with Gasteiger partial charge in [-0.2, -0.15) is 0 Å². The smallest absolute Gasteiger partial charge is 0.263 e. The van der Waals surface area contributed by atoms with Gasteiger partial charge in [0, 0.05) is 12.4 Å². The number of hydrogen-bond acceptors (Lipinski definition) is 5. The van der Waals surface area contributed by atoms with Crippen LogP contribution in [-0.2, 0) is 16.6 Å². The summed E-state index contributed by atoms with van der Waals surface area (Å²) in [6.45, 7) is 2.13. The van der Waals surface area contributed by atoms with Crippen molar-refractivity contribution in [3.05, 3.63) is 90.3 Å². The summed E-state index contributed by atoms with van der Waals surface area (Å²) in [5.41, 5.74) is 1.95. The number of hydrogen-bond donors (Lipinski definition) is 1. The number of anilines is 1. The first-order chi connectivity index (χ1) is 14.0. The van der Waals surface area contributed by atoms with Crippen LogP contribution >= 0.6 is 0 Å². The summed E-state index contributed by atoms with van der Waals surface area (Å²) in [7, 11) is -3.80. The van der Waals surface area contributed by atoms with Crippen LogP contribution in [0.25, 0.3) is 10.8 Å². The summed E-state index contributed by atoms with van der Waals surface area (Å²) < 4.78 is 33.7. The van der Waals surface area contributed by atoms with Gasteiger partial charge in [0.25, 0.3) is 15.9 Å². The van der Waals surface area contributed by atoms with E-state index < -0.39 is 10.0 Å². The van der Waals surface area contributed by atoms with Crippen molar-refractivity contribution in [2.24, 2.45) is 0 Å². The molecule has 0 aliphatic heterocycles. The summed E-state index contributed by atoms with van der Waals surface area (Å²) >= 11 is 0. The lowest BCUT2D eigenvalue weighted by atomic mass is 10.1. The maximum atomic E-state index is 12.7. The molecule has 3 aromatic carbocycles. The average Bonchev–Trinajstić information content (AvgIpc) is 2.73. The lowest BCUT2D eigenvalue weighted by molar-refractivity contribution is 0.296. The second-order valence-corrected chi connectivity index (χ2v) is 8.24. The topological polar surface area (TPSA) is 81.2 Å². The Morgan fingerprint density at radius 1 is 0.897 bits per heavy atom. The van der Waals surface area contributed by atoms with Gasteiger partial charge in [0.1, 0.15) is 6.61 Å². The van der Waals surface area contributed by atoms with E-state index in [1.807, 2.05) is 49.4 Å². The molecule has 1 aromatic heterocycles. The van der Waals surface area contributed by atoms with Crippen LogP contribution in [0.2, 0.25) is 0 Å². The molecule has 1 heterocycles. The molecule has 0 saturated carbocycles. The summed E-state index contributed by atoms with van der Waals surface area (Å²) in [6, 6.07) is 20.5. The van der Waals surface area contributed by atoms with Gasteiger partial charge in [-0.05, 0) is 35.4 Å². The van der Waals surface area contributed by atoms with Crippen molar-refractivity contribution in [1.29, 1.82) is 0 Å². The van der Waals surface area contributed by atoms with Crippen LogP contribution in [0.3, 0.4) is 0 Å². The molecule has 0 aliphatic rings. The molecule has 0 aliphatic carbocycles. The number of fused-ring (bicyclic) bond motifs is 1. The van der Waals surface area contributed by atoms with Gasteiger partial charge >= 0.3 is 0 Å². The number of ether oxygens (including phenoxy) is 1. The highest BCUT2D eigenvalue weighted by atomic mass is 32.2. The minimum Gasteiger partial charge on any atom is -0.470 e. The third-order valence-electron chi connectivity index (χ3n) is 4.47. The Kier molecular flexibility index (Phi) is 5.14. The van der Waals surface area contributed by atoms with Crippen molar-refractivity contribution in [1.82, 2.24) is 9.97 Å². The van der Waals surface area contributed by atoms with Crippen LogP contribution < -0.4 is 9.46 Å². The first-order valence-electron chi connectivity index (χ1n) is 9.03.